The van der Waals surface area contributed by atoms with Crippen LogP contribution in [0.15, 0.2) is 78.9 Å². The summed E-state index contributed by atoms with van der Waals surface area (Å²) >= 11 is 0. The van der Waals surface area contributed by atoms with Gasteiger partial charge in [0.1, 0.15) is 18.2 Å². The van der Waals surface area contributed by atoms with E-state index in [1.54, 1.807) is 12.1 Å². The third-order valence-corrected chi connectivity index (χ3v) is 4.18. The molecule has 0 amide bonds. The minimum absolute atomic E-state index is 0.233. The van der Waals surface area contributed by atoms with Crippen molar-refractivity contribution in [1.82, 2.24) is 5.32 Å². The first-order valence-electron chi connectivity index (χ1n) is 8.46. The molecule has 0 saturated heterocycles. The van der Waals surface area contributed by atoms with Gasteiger partial charge in [0.2, 0.25) is 0 Å². The molecule has 2 nitrogen and oxygen atoms in total. The molecule has 3 heteroatoms. The van der Waals surface area contributed by atoms with Crippen molar-refractivity contribution < 1.29 is 9.13 Å². The molecule has 0 unspecified atom stereocenters. The molecule has 0 fully saturated rings. The summed E-state index contributed by atoms with van der Waals surface area (Å²) in [5.74, 6) is 0.614. The van der Waals surface area contributed by atoms with Crippen molar-refractivity contribution in [3.8, 4) is 5.75 Å². The number of para-hydroxylation sites is 1. The molecule has 1 N–H and O–H groups in total. The van der Waals surface area contributed by atoms with E-state index in [-0.39, 0.29) is 11.9 Å². The monoisotopic (exact) mass is 335 g/mol. The summed E-state index contributed by atoms with van der Waals surface area (Å²) in [5.41, 5.74) is 3.31. The number of rotatable bonds is 7. The lowest BCUT2D eigenvalue weighted by Gasteiger charge is -2.16. The molecular formula is C22H22FNO. The van der Waals surface area contributed by atoms with Crippen LogP contribution in [-0.2, 0) is 13.2 Å². The highest BCUT2D eigenvalue weighted by Gasteiger charge is 2.07. The number of ether oxygens (including phenoxy) is 1. The summed E-state index contributed by atoms with van der Waals surface area (Å²) in [7, 11) is 0. The summed E-state index contributed by atoms with van der Waals surface area (Å²) in [6, 6.07) is 25.0. The molecule has 3 aromatic rings. The standard InChI is InChI=1S/C22H22FNO/c1-17(19-7-3-2-4-8-19)24-15-20-9-5-6-10-22(20)25-16-18-11-13-21(23)14-12-18/h2-14,17,24H,15-16H2,1H3/t17-/m1/s1. The van der Waals surface area contributed by atoms with Crippen LogP contribution in [0.1, 0.15) is 29.7 Å². The first-order chi connectivity index (χ1) is 12.2. The fourth-order valence-corrected chi connectivity index (χ4v) is 2.66. The van der Waals surface area contributed by atoms with Crippen LogP contribution in [0, 0.1) is 5.82 Å². The van der Waals surface area contributed by atoms with Gasteiger partial charge >= 0.3 is 0 Å². The lowest BCUT2D eigenvalue weighted by Crippen LogP contribution is -2.18. The number of nitrogens with one attached hydrogen (secondary N) is 1. The van der Waals surface area contributed by atoms with E-state index in [1.807, 2.05) is 36.4 Å². The summed E-state index contributed by atoms with van der Waals surface area (Å²) in [6.07, 6.45) is 0. The molecule has 0 heterocycles. The smallest absolute Gasteiger partial charge is 0.124 e. The quantitative estimate of drug-likeness (QED) is 0.636. The normalized spacial score (nSPS) is 11.9. The molecule has 3 aromatic carbocycles. The largest absolute Gasteiger partial charge is 0.489 e. The summed E-state index contributed by atoms with van der Waals surface area (Å²) < 4.78 is 18.9. The van der Waals surface area contributed by atoms with Crippen molar-refractivity contribution in [2.24, 2.45) is 0 Å². The predicted molar refractivity (Wildman–Crippen MR) is 98.9 cm³/mol. The number of halogens is 1. The Kier molecular flexibility index (Phi) is 5.81. The van der Waals surface area contributed by atoms with Gasteiger partial charge in [-0.3, -0.25) is 0 Å². The van der Waals surface area contributed by atoms with E-state index in [0.29, 0.717) is 6.61 Å². The van der Waals surface area contributed by atoms with Crippen LogP contribution in [0.5, 0.6) is 5.75 Å². The maximum atomic E-state index is 13.0. The molecule has 0 saturated carbocycles. The Morgan fingerprint density at radius 1 is 0.880 bits per heavy atom. The van der Waals surface area contributed by atoms with Crippen molar-refractivity contribution in [3.05, 3.63) is 101 Å². The Bertz CT molecular complexity index is 787. The Morgan fingerprint density at radius 2 is 1.56 bits per heavy atom. The highest BCUT2D eigenvalue weighted by molar-refractivity contribution is 5.34. The Hall–Kier alpha value is -2.65. The van der Waals surface area contributed by atoms with Crippen LogP contribution in [0.25, 0.3) is 0 Å². The highest BCUT2D eigenvalue weighted by atomic mass is 19.1. The number of hydrogen-bond acceptors (Lipinski definition) is 2. The molecule has 0 bridgehead atoms. The van der Waals surface area contributed by atoms with Gasteiger partial charge in [0.05, 0.1) is 0 Å². The molecule has 1 atom stereocenters. The van der Waals surface area contributed by atoms with Gasteiger partial charge in [0, 0.05) is 18.2 Å². The van der Waals surface area contributed by atoms with Crippen molar-refractivity contribution in [2.45, 2.75) is 26.1 Å². The van der Waals surface area contributed by atoms with Crippen molar-refractivity contribution in [2.75, 3.05) is 0 Å². The van der Waals surface area contributed by atoms with E-state index < -0.39 is 0 Å². The fraction of sp³-hybridized carbons (Fsp3) is 0.182. The summed E-state index contributed by atoms with van der Waals surface area (Å²) in [6.45, 7) is 3.29. The van der Waals surface area contributed by atoms with E-state index in [9.17, 15) is 4.39 Å². The second kappa shape index (κ2) is 8.45. The second-order valence-corrected chi connectivity index (χ2v) is 6.04. The molecule has 0 aliphatic rings. The van der Waals surface area contributed by atoms with Gasteiger partial charge in [-0.05, 0) is 36.2 Å². The van der Waals surface area contributed by atoms with Crippen LogP contribution in [0.2, 0.25) is 0 Å². The zero-order chi connectivity index (χ0) is 17.5. The maximum absolute atomic E-state index is 13.0. The van der Waals surface area contributed by atoms with Crippen molar-refractivity contribution >= 4 is 0 Å². The van der Waals surface area contributed by atoms with Crippen LogP contribution in [0.3, 0.4) is 0 Å². The Labute approximate surface area is 148 Å². The van der Waals surface area contributed by atoms with Gasteiger partial charge in [0.15, 0.2) is 0 Å². The molecule has 128 valence electrons. The molecule has 25 heavy (non-hydrogen) atoms. The van der Waals surface area contributed by atoms with Crippen LogP contribution in [-0.4, -0.2) is 0 Å². The minimum Gasteiger partial charge on any atom is -0.489 e. The Balaban J connectivity index is 1.61. The first-order valence-corrected chi connectivity index (χ1v) is 8.46. The van der Waals surface area contributed by atoms with Gasteiger partial charge in [-0.1, -0.05) is 60.7 Å². The second-order valence-electron chi connectivity index (χ2n) is 6.04. The van der Waals surface area contributed by atoms with E-state index in [0.717, 1.165) is 23.4 Å². The van der Waals surface area contributed by atoms with Crippen molar-refractivity contribution in [1.29, 1.82) is 0 Å². The summed E-state index contributed by atoms with van der Waals surface area (Å²) in [5, 5.41) is 3.53. The van der Waals surface area contributed by atoms with Gasteiger partial charge in [-0.15, -0.1) is 0 Å². The molecule has 0 spiro atoms. The van der Waals surface area contributed by atoms with E-state index in [1.165, 1.54) is 17.7 Å². The van der Waals surface area contributed by atoms with Gasteiger partial charge in [-0.2, -0.15) is 0 Å². The third-order valence-electron chi connectivity index (χ3n) is 4.18. The maximum Gasteiger partial charge on any atom is 0.124 e. The predicted octanol–water partition coefficient (Wildman–Crippen LogP) is 5.26. The number of benzene rings is 3. The molecule has 3 rings (SSSR count). The number of hydrogen-bond donors (Lipinski definition) is 1. The molecular weight excluding hydrogens is 313 g/mol. The van der Waals surface area contributed by atoms with Gasteiger partial charge in [0.25, 0.3) is 0 Å². The van der Waals surface area contributed by atoms with Crippen LogP contribution >= 0.6 is 0 Å². The Morgan fingerprint density at radius 3 is 2.32 bits per heavy atom. The molecule has 0 radical (unpaired) electrons. The lowest BCUT2D eigenvalue weighted by molar-refractivity contribution is 0.301. The van der Waals surface area contributed by atoms with E-state index >= 15 is 0 Å². The summed E-state index contributed by atoms with van der Waals surface area (Å²) in [4.78, 5) is 0. The fourth-order valence-electron chi connectivity index (χ4n) is 2.66. The minimum atomic E-state index is -0.233. The van der Waals surface area contributed by atoms with Gasteiger partial charge < -0.3 is 10.1 Å². The topological polar surface area (TPSA) is 21.3 Å². The average molecular weight is 335 g/mol. The average Bonchev–Trinajstić information content (AvgIpc) is 2.67. The molecule has 0 aliphatic carbocycles. The van der Waals surface area contributed by atoms with Crippen LogP contribution in [0.4, 0.5) is 4.39 Å². The van der Waals surface area contributed by atoms with E-state index in [2.05, 4.69) is 30.4 Å². The molecule has 0 aromatic heterocycles. The van der Waals surface area contributed by atoms with E-state index in [4.69, 9.17) is 4.74 Å². The van der Waals surface area contributed by atoms with Gasteiger partial charge in [-0.25, -0.2) is 4.39 Å². The zero-order valence-electron chi connectivity index (χ0n) is 14.3. The first kappa shape index (κ1) is 17.2. The third kappa shape index (κ3) is 4.91. The zero-order valence-corrected chi connectivity index (χ0v) is 14.3. The van der Waals surface area contributed by atoms with Crippen molar-refractivity contribution in [3.63, 3.8) is 0 Å². The SMILES string of the molecule is C[C@@H](NCc1ccccc1OCc1ccc(F)cc1)c1ccccc1. The molecule has 0 aliphatic heterocycles. The van der Waals surface area contributed by atoms with Crippen LogP contribution < -0.4 is 10.1 Å². The lowest BCUT2D eigenvalue weighted by atomic mass is 10.1. The highest BCUT2D eigenvalue weighted by Crippen LogP contribution is 2.21.